The van der Waals surface area contributed by atoms with Gasteiger partial charge < -0.3 is 10.0 Å². The number of carbonyl (C=O) groups excluding carboxylic acids is 1. The first-order chi connectivity index (χ1) is 10.5. The number of nitrogens with zero attached hydrogens (tertiary/aromatic N) is 1. The highest BCUT2D eigenvalue weighted by Crippen LogP contribution is 2.31. The van der Waals surface area contributed by atoms with Crippen molar-refractivity contribution in [2.75, 3.05) is 11.4 Å². The highest BCUT2D eigenvalue weighted by molar-refractivity contribution is 5.97. The Kier molecular flexibility index (Phi) is 5.58. The Morgan fingerprint density at radius 1 is 1.14 bits per heavy atom. The largest absolute Gasteiger partial charge is 0.481 e. The van der Waals surface area contributed by atoms with Crippen molar-refractivity contribution >= 4 is 17.6 Å². The summed E-state index contributed by atoms with van der Waals surface area (Å²) in [5.41, 5.74) is 2.93. The van der Waals surface area contributed by atoms with Crippen molar-refractivity contribution in [3.63, 3.8) is 0 Å². The van der Waals surface area contributed by atoms with Gasteiger partial charge in [-0.05, 0) is 37.8 Å². The number of hydrogen-bond donors (Lipinski definition) is 1. The summed E-state index contributed by atoms with van der Waals surface area (Å²) in [6.07, 6.45) is 5.21. The van der Waals surface area contributed by atoms with E-state index in [1.54, 1.807) is 4.90 Å². The van der Waals surface area contributed by atoms with Crippen LogP contribution in [-0.2, 0) is 9.59 Å². The minimum atomic E-state index is -0.868. The van der Waals surface area contributed by atoms with Gasteiger partial charge in [0.1, 0.15) is 0 Å². The monoisotopic (exact) mass is 303 g/mol. The van der Waals surface area contributed by atoms with Crippen molar-refractivity contribution in [1.29, 1.82) is 0 Å². The molecule has 120 valence electrons. The van der Waals surface area contributed by atoms with Crippen LogP contribution in [-0.4, -0.2) is 23.5 Å². The van der Waals surface area contributed by atoms with Gasteiger partial charge in [0.05, 0.1) is 6.42 Å². The summed E-state index contributed by atoms with van der Waals surface area (Å²) in [6.45, 7) is 4.20. The number of hydrogen-bond acceptors (Lipinski definition) is 2. The molecule has 1 aliphatic carbocycles. The van der Waals surface area contributed by atoms with Gasteiger partial charge in [0.15, 0.2) is 0 Å². The zero-order chi connectivity index (χ0) is 16.1. The summed E-state index contributed by atoms with van der Waals surface area (Å²) in [7, 11) is 0. The fourth-order valence-corrected chi connectivity index (χ4v) is 3.34. The molecule has 4 heteroatoms. The Labute approximate surface area is 132 Å². The predicted octanol–water partition coefficient (Wildman–Crippen LogP) is 3.69. The summed E-state index contributed by atoms with van der Waals surface area (Å²) in [4.78, 5) is 25.6. The zero-order valence-corrected chi connectivity index (χ0v) is 13.5. The number of amides is 1. The molecule has 0 bridgehead atoms. The van der Waals surface area contributed by atoms with Crippen molar-refractivity contribution in [3.05, 3.63) is 29.3 Å². The fourth-order valence-electron chi connectivity index (χ4n) is 3.34. The predicted molar refractivity (Wildman–Crippen MR) is 87.1 cm³/mol. The highest BCUT2D eigenvalue weighted by Gasteiger charge is 2.28. The van der Waals surface area contributed by atoms with Crippen LogP contribution in [0, 0.1) is 19.8 Å². The number of aliphatic carboxylic acids is 1. The van der Waals surface area contributed by atoms with Crippen LogP contribution in [0.3, 0.4) is 0 Å². The number of aryl methyl sites for hydroxylation is 2. The van der Waals surface area contributed by atoms with Gasteiger partial charge >= 0.3 is 5.97 Å². The lowest BCUT2D eigenvalue weighted by Crippen LogP contribution is -2.39. The van der Waals surface area contributed by atoms with Gasteiger partial charge in [0.2, 0.25) is 5.91 Å². The van der Waals surface area contributed by atoms with Crippen LogP contribution < -0.4 is 4.90 Å². The maximum atomic E-state index is 12.9. The molecule has 1 N–H and O–H groups in total. The molecule has 22 heavy (non-hydrogen) atoms. The molecule has 0 heterocycles. The molecule has 4 nitrogen and oxygen atoms in total. The molecule has 0 aromatic heterocycles. The van der Waals surface area contributed by atoms with Crippen molar-refractivity contribution < 1.29 is 14.7 Å². The minimum Gasteiger partial charge on any atom is -0.481 e. The normalized spacial score (nSPS) is 15.5. The molecule has 1 aromatic carbocycles. The summed E-state index contributed by atoms with van der Waals surface area (Å²) in [5.74, 6) is -0.729. The molecule has 1 aliphatic rings. The van der Waals surface area contributed by atoms with E-state index in [1.807, 2.05) is 32.0 Å². The van der Waals surface area contributed by atoms with Crippen molar-refractivity contribution in [2.24, 2.45) is 5.92 Å². The van der Waals surface area contributed by atoms with Crippen LogP contribution >= 0.6 is 0 Å². The number of carboxylic acid groups (broad SMARTS) is 1. The summed E-state index contributed by atoms with van der Waals surface area (Å²) < 4.78 is 0. The van der Waals surface area contributed by atoms with Crippen LogP contribution in [0.5, 0.6) is 0 Å². The molecule has 0 unspecified atom stereocenters. The lowest BCUT2D eigenvalue weighted by molar-refractivity contribution is -0.136. The van der Waals surface area contributed by atoms with Crippen molar-refractivity contribution in [3.8, 4) is 0 Å². The Bertz CT molecular complexity index is 527. The van der Waals surface area contributed by atoms with Gasteiger partial charge in [-0.1, -0.05) is 37.5 Å². The second-order valence-electron chi connectivity index (χ2n) is 6.21. The maximum Gasteiger partial charge on any atom is 0.305 e. The maximum absolute atomic E-state index is 12.9. The fraction of sp³-hybridized carbons (Fsp3) is 0.556. The molecule has 1 amide bonds. The molecule has 0 spiro atoms. The third-order valence-electron chi connectivity index (χ3n) is 4.48. The molecule has 0 saturated heterocycles. The molecular weight excluding hydrogens is 278 g/mol. The Hall–Kier alpha value is -1.84. The first-order valence-electron chi connectivity index (χ1n) is 8.10. The third-order valence-corrected chi connectivity index (χ3v) is 4.48. The van der Waals surface area contributed by atoms with Gasteiger partial charge in [-0.3, -0.25) is 9.59 Å². The summed E-state index contributed by atoms with van der Waals surface area (Å²) in [6, 6.07) is 5.92. The van der Waals surface area contributed by atoms with E-state index >= 15 is 0 Å². The van der Waals surface area contributed by atoms with Crippen LogP contribution in [0.4, 0.5) is 5.69 Å². The first kappa shape index (κ1) is 16.5. The molecule has 1 fully saturated rings. The van der Waals surface area contributed by atoms with Gasteiger partial charge in [0.25, 0.3) is 0 Å². The van der Waals surface area contributed by atoms with E-state index in [2.05, 4.69) is 0 Å². The molecule has 0 radical (unpaired) electrons. The second kappa shape index (κ2) is 7.43. The highest BCUT2D eigenvalue weighted by atomic mass is 16.4. The molecular formula is C18H25NO3. The molecule has 2 rings (SSSR count). The van der Waals surface area contributed by atoms with E-state index < -0.39 is 5.97 Å². The quantitative estimate of drug-likeness (QED) is 0.902. The van der Waals surface area contributed by atoms with E-state index in [9.17, 15) is 9.59 Å². The van der Waals surface area contributed by atoms with Crippen molar-refractivity contribution in [2.45, 2.75) is 52.4 Å². The van der Waals surface area contributed by atoms with Gasteiger partial charge in [-0.25, -0.2) is 0 Å². The van der Waals surface area contributed by atoms with Gasteiger partial charge in [-0.15, -0.1) is 0 Å². The molecule has 0 atom stereocenters. The van der Waals surface area contributed by atoms with E-state index in [0.717, 1.165) is 42.5 Å². The average molecular weight is 303 g/mol. The van der Waals surface area contributed by atoms with Crippen LogP contribution in [0.2, 0.25) is 0 Å². The van der Waals surface area contributed by atoms with E-state index in [1.165, 1.54) is 6.42 Å². The second-order valence-corrected chi connectivity index (χ2v) is 6.21. The molecule has 1 aromatic rings. The number of anilines is 1. The van der Waals surface area contributed by atoms with Crippen LogP contribution in [0.1, 0.15) is 49.7 Å². The minimum absolute atomic E-state index is 0.0216. The van der Waals surface area contributed by atoms with Crippen LogP contribution in [0.15, 0.2) is 18.2 Å². The first-order valence-corrected chi connectivity index (χ1v) is 8.10. The van der Waals surface area contributed by atoms with Gasteiger partial charge in [-0.2, -0.15) is 0 Å². The van der Waals surface area contributed by atoms with Crippen LogP contribution in [0.25, 0.3) is 0 Å². The summed E-state index contributed by atoms with van der Waals surface area (Å²) in [5, 5.41) is 9.00. The SMILES string of the molecule is Cc1cccc(C)c1N(CCC(=O)O)C(=O)C1CCCCC1. The number of carboxylic acids is 1. The number of benzene rings is 1. The topological polar surface area (TPSA) is 57.6 Å². The number of carbonyl (C=O) groups is 2. The van der Waals surface area contributed by atoms with E-state index in [-0.39, 0.29) is 24.8 Å². The lowest BCUT2D eigenvalue weighted by atomic mass is 9.88. The Morgan fingerprint density at radius 2 is 1.73 bits per heavy atom. The standard InChI is InChI=1S/C18H25NO3/c1-13-7-6-8-14(2)17(13)19(12-11-16(20)21)18(22)15-9-4-3-5-10-15/h6-8,15H,3-5,9-12H2,1-2H3,(H,20,21). The Balaban J connectivity index is 2.29. The smallest absolute Gasteiger partial charge is 0.305 e. The Morgan fingerprint density at radius 3 is 2.27 bits per heavy atom. The summed E-state index contributed by atoms with van der Waals surface area (Å²) >= 11 is 0. The van der Waals surface area contributed by atoms with E-state index in [4.69, 9.17) is 5.11 Å². The van der Waals surface area contributed by atoms with Gasteiger partial charge in [0, 0.05) is 18.2 Å². The third kappa shape index (κ3) is 3.87. The zero-order valence-electron chi connectivity index (χ0n) is 13.5. The van der Waals surface area contributed by atoms with Crippen molar-refractivity contribution in [1.82, 2.24) is 0 Å². The molecule has 1 saturated carbocycles. The average Bonchev–Trinajstić information content (AvgIpc) is 2.50. The molecule has 0 aliphatic heterocycles. The lowest BCUT2D eigenvalue weighted by Gasteiger charge is -2.31. The number of rotatable bonds is 5. The number of para-hydroxylation sites is 1. The van der Waals surface area contributed by atoms with E-state index in [0.29, 0.717) is 0 Å².